The SMILES string of the molecule is CC(P(=O)=O)[N+](C)(C)CCC(O)O.CCCCCCCCCCCCCCCCCCCCCC(=O)C(O)CCO. The summed E-state index contributed by atoms with van der Waals surface area (Å²) in [5.41, 5.74) is 0. The summed E-state index contributed by atoms with van der Waals surface area (Å²) in [4.78, 5) is 11.6. The third-order valence-electron chi connectivity index (χ3n) is 8.08. The van der Waals surface area contributed by atoms with Crippen LogP contribution >= 0.6 is 7.68 Å². The van der Waals surface area contributed by atoms with Crippen molar-refractivity contribution in [1.29, 1.82) is 0 Å². The van der Waals surface area contributed by atoms with Gasteiger partial charge in [-0.15, -0.1) is 0 Å². The lowest BCUT2D eigenvalue weighted by Gasteiger charge is -2.32. The predicted molar refractivity (Wildman–Crippen MR) is 168 cm³/mol. The Hall–Kier alpha value is -0.630. The van der Waals surface area contributed by atoms with Crippen molar-refractivity contribution in [2.24, 2.45) is 0 Å². The number of rotatable bonds is 28. The number of unbranched alkanes of at least 4 members (excludes halogenated alkanes) is 18. The Labute approximate surface area is 252 Å². The fourth-order valence-corrected chi connectivity index (χ4v) is 5.34. The Morgan fingerprint density at radius 1 is 0.659 bits per heavy atom. The zero-order chi connectivity index (χ0) is 31.4. The number of nitrogens with zero attached hydrogens (tertiary/aromatic N) is 1. The van der Waals surface area contributed by atoms with Gasteiger partial charge in [-0.1, -0.05) is 122 Å². The molecule has 4 N–H and O–H groups in total. The number of hydrogen-bond donors (Lipinski definition) is 4. The quantitative estimate of drug-likeness (QED) is 0.0315. The molecule has 2 atom stereocenters. The van der Waals surface area contributed by atoms with E-state index in [1.54, 1.807) is 21.0 Å². The Balaban J connectivity index is 0. The van der Waals surface area contributed by atoms with Crippen LogP contribution in [0.5, 0.6) is 0 Å². The van der Waals surface area contributed by atoms with Gasteiger partial charge >= 0.3 is 7.68 Å². The molecule has 2 unspecified atom stereocenters. The summed E-state index contributed by atoms with van der Waals surface area (Å²) in [7, 11) is 1.02. The van der Waals surface area contributed by atoms with Crippen molar-refractivity contribution in [2.75, 3.05) is 27.2 Å². The van der Waals surface area contributed by atoms with Gasteiger partial charge in [-0.25, -0.2) is 9.13 Å². The first-order valence-electron chi connectivity index (χ1n) is 16.6. The molecule has 0 aliphatic rings. The molecule has 0 aromatic carbocycles. The molecule has 9 heteroatoms. The number of hydrogen-bond acceptors (Lipinski definition) is 7. The monoisotopic (exact) mass is 608 g/mol. The minimum absolute atomic E-state index is 0.110. The predicted octanol–water partition coefficient (Wildman–Crippen LogP) is 7.40. The summed E-state index contributed by atoms with van der Waals surface area (Å²) >= 11 is 0. The van der Waals surface area contributed by atoms with E-state index in [1.165, 1.54) is 109 Å². The topological polar surface area (TPSA) is 132 Å². The van der Waals surface area contributed by atoms with Gasteiger partial charge in [-0.05, 0) is 6.42 Å². The van der Waals surface area contributed by atoms with Crippen molar-refractivity contribution in [3.8, 4) is 0 Å². The summed E-state index contributed by atoms with van der Waals surface area (Å²) in [6.07, 6.45) is 24.0. The molecule has 0 radical (unpaired) electrons. The Morgan fingerprint density at radius 2 is 1.02 bits per heavy atom. The van der Waals surface area contributed by atoms with Crippen molar-refractivity contribution in [3.05, 3.63) is 0 Å². The van der Waals surface area contributed by atoms with Crippen LogP contribution in [-0.2, 0) is 13.9 Å². The van der Waals surface area contributed by atoms with Crippen LogP contribution in [0.2, 0.25) is 0 Å². The van der Waals surface area contributed by atoms with Crippen molar-refractivity contribution in [3.63, 3.8) is 0 Å². The Kier molecular flexibility index (Phi) is 30.5. The van der Waals surface area contributed by atoms with Crippen molar-refractivity contribution < 1.29 is 38.8 Å². The first-order chi connectivity index (χ1) is 19.5. The molecule has 41 heavy (non-hydrogen) atoms. The minimum Gasteiger partial charge on any atom is -0.396 e. The lowest BCUT2D eigenvalue weighted by atomic mass is 10.0. The fraction of sp³-hybridized carbons (Fsp3) is 0.969. The molecule has 0 spiro atoms. The number of ketones is 1. The molecule has 0 rings (SSSR count). The molecule has 0 amide bonds. The molecule has 0 bridgehead atoms. The average molecular weight is 609 g/mol. The molecular weight excluding hydrogens is 541 g/mol. The van der Waals surface area contributed by atoms with Crippen molar-refractivity contribution in [1.82, 2.24) is 0 Å². The standard InChI is InChI=1S/C25H50O3.C7H17NO4P/c1-2-3-4-5-6-7-8-9-10-11-12-13-14-15-16-17-18-19-20-21-24(27)25(28)22-23-26;1-6(13(11)12)8(2,3)5-4-7(9)10/h25-26,28H,2-23H2,1H3;6-7,9-10H,4-5H2,1-3H3/q;+1. The van der Waals surface area contributed by atoms with Gasteiger partial charge in [0.2, 0.25) is 0 Å². The van der Waals surface area contributed by atoms with Gasteiger partial charge in [-0.3, -0.25) is 4.79 Å². The molecule has 0 saturated heterocycles. The van der Waals surface area contributed by atoms with Crippen LogP contribution in [0.3, 0.4) is 0 Å². The second-order valence-electron chi connectivity index (χ2n) is 12.3. The normalized spacial score (nSPS) is 13.1. The van der Waals surface area contributed by atoms with E-state index >= 15 is 0 Å². The molecule has 0 aliphatic heterocycles. The van der Waals surface area contributed by atoms with Crippen molar-refractivity contribution in [2.45, 2.75) is 173 Å². The van der Waals surface area contributed by atoms with Crippen molar-refractivity contribution >= 4 is 13.5 Å². The molecule has 0 heterocycles. The lowest BCUT2D eigenvalue weighted by molar-refractivity contribution is -0.900. The molecule has 8 nitrogen and oxygen atoms in total. The van der Waals surface area contributed by atoms with Gasteiger partial charge in [-0.2, -0.15) is 0 Å². The zero-order valence-electron chi connectivity index (χ0n) is 27.1. The minimum atomic E-state index is -2.47. The van der Waals surface area contributed by atoms with E-state index in [2.05, 4.69) is 6.92 Å². The van der Waals surface area contributed by atoms with Crippen LogP contribution in [0.4, 0.5) is 0 Å². The summed E-state index contributed by atoms with van der Waals surface area (Å²) < 4.78 is 21.6. The molecule has 246 valence electrons. The fourth-order valence-electron chi connectivity index (χ4n) is 4.72. The Bertz CT molecular complexity index is 648. The van der Waals surface area contributed by atoms with Gasteiger partial charge in [0.25, 0.3) is 0 Å². The lowest BCUT2D eigenvalue weighted by Crippen LogP contribution is -2.46. The summed E-state index contributed by atoms with van der Waals surface area (Å²) in [6.45, 7) is 4.19. The van der Waals surface area contributed by atoms with Gasteiger partial charge < -0.3 is 24.9 Å². The van der Waals surface area contributed by atoms with Crippen LogP contribution < -0.4 is 0 Å². The summed E-state index contributed by atoms with van der Waals surface area (Å²) in [5.74, 6) is -0.616. The highest BCUT2D eigenvalue weighted by molar-refractivity contribution is 7.31. The van der Waals surface area contributed by atoms with Crippen LogP contribution in [0, 0.1) is 0 Å². The zero-order valence-corrected chi connectivity index (χ0v) is 28.0. The van der Waals surface area contributed by atoms with Crippen LogP contribution in [-0.4, -0.2) is 76.1 Å². The van der Waals surface area contributed by atoms with Gasteiger partial charge in [0.15, 0.2) is 17.9 Å². The summed E-state index contributed by atoms with van der Waals surface area (Å²) in [5, 5.41) is 35.4. The van der Waals surface area contributed by atoms with Crippen LogP contribution in [0.1, 0.15) is 155 Å². The second kappa shape index (κ2) is 29.4. The van der Waals surface area contributed by atoms with E-state index in [4.69, 9.17) is 15.3 Å². The van der Waals surface area contributed by atoms with Crippen LogP contribution in [0.15, 0.2) is 0 Å². The third kappa shape index (κ3) is 29.2. The smallest absolute Gasteiger partial charge is 0.374 e. The van der Waals surface area contributed by atoms with Gasteiger partial charge in [0, 0.05) is 32.8 Å². The first-order valence-corrected chi connectivity index (χ1v) is 17.9. The largest absolute Gasteiger partial charge is 0.396 e. The van der Waals surface area contributed by atoms with E-state index in [0.29, 0.717) is 13.0 Å². The number of Topliss-reactive ketones (excluding diaryl/α,β-unsaturated/α-hetero) is 1. The van der Waals surface area contributed by atoms with E-state index in [1.807, 2.05) is 0 Å². The van der Waals surface area contributed by atoms with Gasteiger partial charge in [0.1, 0.15) is 6.10 Å². The maximum Gasteiger partial charge on any atom is 0.374 e. The maximum absolute atomic E-state index is 11.6. The van der Waals surface area contributed by atoms with Gasteiger partial charge in [0.05, 0.1) is 20.6 Å². The van der Waals surface area contributed by atoms with E-state index in [-0.39, 0.29) is 29.7 Å². The highest BCUT2D eigenvalue weighted by Crippen LogP contribution is 2.23. The van der Waals surface area contributed by atoms with E-state index in [9.17, 15) is 19.0 Å². The first kappa shape index (κ1) is 42.5. The highest BCUT2D eigenvalue weighted by atomic mass is 31.1. The number of aliphatic hydroxyl groups is 4. The molecular formula is C32H67NO7P+. The molecule has 0 saturated carbocycles. The highest BCUT2D eigenvalue weighted by Gasteiger charge is 2.28. The molecule has 0 fully saturated rings. The third-order valence-corrected chi connectivity index (χ3v) is 9.32. The molecule has 0 aromatic rings. The van der Waals surface area contributed by atoms with E-state index < -0.39 is 25.9 Å². The van der Waals surface area contributed by atoms with Crippen LogP contribution in [0.25, 0.3) is 0 Å². The maximum atomic E-state index is 11.6. The number of quaternary nitrogens is 1. The average Bonchev–Trinajstić information content (AvgIpc) is 2.93. The number of aliphatic hydroxyl groups excluding tert-OH is 3. The summed E-state index contributed by atoms with van der Waals surface area (Å²) in [6, 6.07) is 0. The number of carbonyl (C=O) groups excluding carboxylic acids is 1. The molecule has 0 aliphatic carbocycles. The number of carbonyl (C=O) groups is 1. The van der Waals surface area contributed by atoms with E-state index in [0.717, 1.165) is 12.8 Å². The Morgan fingerprint density at radius 3 is 1.34 bits per heavy atom. The second-order valence-corrected chi connectivity index (χ2v) is 13.6. The molecule has 0 aromatic heterocycles.